The third-order valence-corrected chi connectivity index (χ3v) is 2.93. The topological polar surface area (TPSA) is 53.6 Å². The fourth-order valence-electron chi connectivity index (χ4n) is 1.87. The van der Waals surface area contributed by atoms with Gasteiger partial charge in [-0.2, -0.15) is 0 Å². The summed E-state index contributed by atoms with van der Waals surface area (Å²) in [6.45, 7) is 3.80. The van der Waals surface area contributed by atoms with Crippen molar-refractivity contribution in [2.75, 3.05) is 0 Å². The smallest absolute Gasteiger partial charge is 0.454 e. The molecule has 2 aromatic rings. The fraction of sp³-hybridized carbons (Fsp3) is 0.333. The summed E-state index contributed by atoms with van der Waals surface area (Å²) in [7, 11) is -1.28. The molecule has 0 spiro atoms. The molecule has 0 radical (unpaired) electrons. The van der Waals surface area contributed by atoms with Gasteiger partial charge in [0.05, 0.1) is 6.26 Å². The Hall–Kier alpha value is -1.26. The highest BCUT2D eigenvalue weighted by Crippen LogP contribution is 2.27. The first-order chi connectivity index (χ1) is 7.59. The third kappa shape index (κ3) is 1.99. The highest BCUT2D eigenvalue weighted by molar-refractivity contribution is 6.43. The van der Waals surface area contributed by atoms with Gasteiger partial charge in [-0.3, -0.25) is 0 Å². The average Bonchev–Trinajstić information content (AvgIpc) is 2.63. The molecule has 84 valence electrons. The number of hydrogen-bond acceptors (Lipinski definition) is 3. The number of rotatable bonds is 3. The molecule has 1 atom stereocenters. The van der Waals surface area contributed by atoms with Crippen LogP contribution >= 0.6 is 0 Å². The molecule has 1 heterocycles. The van der Waals surface area contributed by atoms with Crippen LogP contribution in [-0.2, 0) is 6.42 Å². The molecule has 1 aromatic carbocycles. The molecular formula is C12H15BO3. The van der Waals surface area contributed by atoms with Crippen LogP contribution in [0.3, 0.4) is 0 Å². The molecule has 0 bridgehead atoms. The molecule has 0 saturated carbocycles. The van der Waals surface area contributed by atoms with E-state index in [1.165, 1.54) is 0 Å². The Morgan fingerprint density at radius 3 is 2.81 bits per heavy atom. The zero-order chi connectivity index (χ0) is 11.7. The molecule has 0 unspecified atom stereocenters. The largest absolute Gasteiger partial charge is 0.464 e. The number of para-hydroxylation sites is 1. The Morgan fingerprint density at radius 1 is 1.38 bits per heavy atom. The molecule has 16 heavy (non-hydrogen) atoms. The summed E-state index contributed by atoms with van der Waals surface area (Å²) in [5.74, 6) is -0.193. The lowest BCUT2D eigenvalue weighted by atomic mass is 9.71. The minimum Gasteiger partial charge on any atom is -0.464 e. The monoisotopic (exact) mass is 218 g/mol. The first-order valence-electron chi connectivity index (χ1n) is 5.41. The van der Waals surface area contributed by atoms with Crippen molar-refractivity contribution in [1.29, 1.82) is 0 Å². The van der Waals surface area contributed by atoms with E-state index in [1.54, 1.807) is 13.2 Å². The Balaban J connectivity index is 2.36. The Bertz CT molecular complexity index is 490. The highest BCUT2D eigenvalue weighted by Gasteiger charge is 2.20. The highest BCUT2D eigenvalue weighted by atomic mass is 16.4. The number of aryl methyl sites for hydroxylation is 1. The van der Waals surface area contributed by atoms with Crippen molar-refractivity contribution in [2.24, 2.45) is 0 Å². The number of furan rings is 1. The number of fused-ring (bicyclic) bond motifs is 1. The van der Waals surface area contributed by atoms with Gasteiger partial charge in [-0.15, -0.1) is 0 Å². The van der Waals surface area contributed by atoms with Crippen molar-refractivity contribution in [2.45, 2.75) is 26.1 Å². The summed E-state index contributed by atoms with van der Waals surface area (Å²) in [5.41, 5.74) is 3.01. The second-order valence-corrected chi connectivity index (χ2v) is 4.31. The molecule has 1 aromatic heterocycles. The van der Waals surface area contributed by atoms with E-state index in [9.17, 15) is 0 Å². The van der Waals surface area contributed by atoms with Gasteiger partial charge in [-0.25, -0.2) is 0 Å². The molecule has 0 aliphatic carbocycles. The maximum absolute atomic E-state index is 9.07. The summed E-state index contributed by atoms with van der Waals surface area (Å²) in [6, 6.07) is 5.98. The molecule has 0 saturated heterocycles. The van der Waals surface area contributed by atoms with Crippen molar-refractivity contribution in [1.82, 2.24) is 0 Å². The van der Waals surface area contributed by atoms with E-state index in [0.717, 1.165) is 22.1 Å². The molecule has 0 fully saturated rings. The van der Waals surface area contributed by atoms with Crippen LogP contribution < -0.4 is 0 Å². The lowest BCUT2D eigenvalue weighted by Crippen LogP contribution is -2.19. The zero-order valence-electron chi connectivity index (χ0n) is 9.47. The normalized spacial score (nSPS) is 13.0. The molecule has 0 aliphatic heterocycles. The van der Waals surface area contributed by atoms with Crippen molar-refractivity contribution >= 4 is 18.1 Å². The average molecular weight is 218 g/mol. The Labute approximate surface area is 94.8 Å². The summed E-state index contributed by atoms with van der Waals surface area (Å²) in [4.78, 5) is 0. The SMILES string of the molecule is Cc1cccc2c(C[C@H](C)B(O)O)coc12. The van der Waals surface area contributed by atoms with E-state index in [-0.39, 0.29) is 5.82 Å². The second-order valence-electron chi connectivity index (χ2n) is 4.31. The van der Waals surface area contributed by atoms with Crippen LogP contribution in [0.2, 0.25) is 5.82 Å². The van der Waals surface area contributed by atoms with Gasteiger partial charge in [0, 0.05) is 5.39 Å². The third-order valence-electron chi connectivity index (χ3n) is 2.93. The molecule has 3 nitrogen and oxygen atoms in total. The van der Waals surface area contributed by atoms with Gasteiger partial charge in [0.1, 0.15) is 5.58 Å². The van der Waals surface area contributed by atoms with E-state index < -0.39 is 7.12 Å². The lowest BCUT2D eigenvalue weighted by Gasteiger charge is -2.07. The summed E-state index contributed by atoms with van der Waals surface area (Å²) >= 11 is 0. The molecule has 2 N–H and O–H groups in total. The fourth-order valence-corrected chi connectivity index (χ4v) is 1.87. The standard InChI is InChI=1S/C12H15BO3/c1-8-4-3-5-11-10(7-16-12(8)11)6-9(2)13(14)15/h3-5,7,9,14-15H,6H2,1-2H3/t9-/m0/s1. The maximum atomic E-state index is 9.07. The van der Waals surface area contributed by atoms with Gasteiger partial charge in [0.15, 0.2) is 0 Å². The minimum absolute atomic E-state index is 0.193. The van der Waals surface area contributed by atoms with Gasteiger partial charge < -0.3 is 14.5 Å². The van der Waals surface area contributed by atoms with E-state index in [1.807, 2.05) is 25.1 Å². The summed E-state index contributed by atoms with van der Waals surface area (Å²) in [6.07, 6.45) is 2.31. The molecular weight excluding hydrogens is 203 g/mol. The zero-order valence-corrected chi connectivity index (χ0v) is 9.47. The Kier molecular flexibility index (Phi) is 3.03. The van der Waals surface area contributed by atoms with E-state index in [4.69, 9.17) is 14.5 Å². The van der Waals surface area contributed by atoms with Crippen molar-refractivity contribution in [3.05, 3.63) is 35.6 Å². The lowest BCUT2D eigenvalue weighted by molar-refractivity contribution is 0.387. The van der Waals surface area contributed by atoms with Crippen LogP contribution in [0.4, 0.5) is 0 Å². The van der Waals surface area contributed by atoms with E-state index in [0.29, 0.717) is 6.42 Å². The quantitative estimate of drug-likeness (QED) is 0.776. The summed E-state index contributed by atoms with van der Waals surface area (Å²) in [5, 5.41) is 19.2. The van der Waals surface area contributed by atoms with Crippen LogP contribution in [0.5, 0.6) is 0 Å². The molecule has 4 heteroatoms. The van der Waals surface area contributed by atoms with E-state index in [2.05, 4.69) is 0 Å². The molecule has 0 amide bonds. The van der Waals surface area contributed by atoms with Crippen molar-refractivity contribution in [3.63, 3.8) is 0 Å². The molecule has 0 aliphatic rings. The van der Waals surface area contributed by atoms with Gasteiger partial charge in [-0.1, -0.05) is 25.1 Å². The predicted octanol–water partition coefficient (Wildman–Crippen LogP) is 2.15. The van der Waals surface area contributed by atoms with Crippen LogP contribution in [0.1, 0.15) is 18.1 Å². The predicted molar refractivity (Wildman–Crippen MR) is 64.3 cm³/mol. The van der Waals surface area contributed by atoms with Crippen LogP contribution in [0, 0.1) is 6.92 Å². The van der Waals surface area contributed by atoms with Gasteiger partial charge in [0.2, 0.25) is 0 Å². The maximum Gasteiger partial charge on any atom is 0.454 e. The van der Waals surface area contributed by atoms with Gasteiger partial charge >= 0.3 is 7.12 Å². The van der Waals surface area contributed by atoms with Crippen molar-refractivity contribution in [3.8, 4) is 0 Å². The van der Waals surface area contributed by atoms with Gasteiger partial charge in [-0.05, 0) is 30.3 Å². The Morgan fingerprint density at radius 2 is 2.12 bits per heavy atom. The van der Waals surface area contributed by atoms with Crippen LogP contribution in [0.15, 0.2) is 28.9 Å². The number of hydrogen-bond donors (Lipinski definition) is 2. The van der Waals surface area contributed by atoms with Crippen LogP contribution in [-0.4, -0.2) is 17.2 Å². The summed E-state index contributed by atoms with van der Waals surface area (Å²) < 4.78 is 5.50. The minimum atomic E-state index is -1.28. The van der Waals surface area contributed by atoms with Crippen LogP contribution in [0.25, 0.3) is 11.0 Å². The van der Waals surface area contributed by atoms with Gasteiger partial charge in [0.25, 0.3) is 0 Å². The van der Waals surface area contributed by atoms with Crippen molar-refractivity contribution < 1.29 is 14.5 Å². The van der Waals surface area contributed by atoms with E-state index >= 15 is 0 Å². The molecule has 2 rings (SSSR count). The first kappa shape index (κ1) is 11.2. The first-order valence-corrected chi connectivity index (χ1v) is 5.41. The second kappa shape index (κ2) is 4.32. The number of benzene rings is 1.